The summed E-state index contributed by atoms with van der Waals surface area (Å²) >= 11 is 0. The van der Waals surface area contributed by atoms with Crippen molar-refractivity contribution in [2.75, 3.05) is 20.1 Å². The molecule has 0 saturated carbocycles. The summed E-state index contributed by atoms with van der Waals surface area (Å²) in [4.78, 5) is 14.5. The van der Waals surface area contributed by atoms with Crippen LogP contribution in [0.25, 0.3) is 0 Å². The zero-order chi connectivity index (χ0) is 16.3. The highest BCUT2D eigenvalue weighted by atomic mass is 19.3. The Morgan fingerprint density at radius 1 is 1.41 bits per heavy atom. The van der Waals surface area contributed by atoms with Crippen molar-refractivity contribution in [2.24, 2.45) is 0 Å². The molecule has 1 aromatic carbocycles. The normalized spacial score (nSPS) is 18.1. The van der Waals surface area contributed by atoms with Crippen molar-refractivity contribution in [1.29, 1.82) is 0 Å². The monoisotopic (exact) mass is 312 g/mol. The van der Waals surface area contributed by atoms with Crippen LogP contribution in [0.15, 0.2) is 12.1 Å². The average Bonchev–Trinajstić information content (AvgIpc) is 2.90. The van der Waals surface area contributed by atoms with Gasteiger partial charge in [0, 0.05) is 24.7 Å². The van der Waals surface area contributed by atoms with Crippen LogP contribution in [-0.4, -0.2) is 43.6 Å². The number of halogens is 2. The Labute approximate surface area is 129 Å². The number of rotatable bonds is 5. The third-order valence-electron chi connectivity index (χ3n) is 3.99. The molecule has 1 atom stereocenters. The van der Waals surface area contributed by atoms with E-state index < -0.39 is 6.61 Å². The Hall–Kier alpha value is -1.69. The SMILES string of the molecule is CNCC1CCCN1C(=O)c1cc(C)c(OC(F)F)c(C)c1. The first-order chi connectivity index (χ1) is 10.4. The summed E-state index contributed by atoms with van der Waals surface area (Å²) in [6, 6.07) is 3.44. The van der Waals surface area contributed by atoms with E-state index in [-0.39, 0.29) is 17.7 Å². The molecule has 1 amide bonds. The van der Waals surface area contributed by atoms with Gasteiger partial charge in [-0.3, -0.25) is 4.79 Å². The number of ether oxygens (including phenoxy) is 1. The van der Waals surface area contributed by atoms with Crippen LogP contribution in [0.1, 0.15) is 34.3 Å². The predicted molar refractivity (Wildman–Crippen MR) is 80.5 cm³/mol. The summed E-state index contributed by atoms with van der Waals surface area (Å²) in [6.45, 7) is 1.99. The lowest BCUT2D eigenvalue weighted by Crippen LogP contribution is -2.40. The Kier molecular flexibility index (Phi) is 5.34. The van der Waals surface area contributed by atoms with Crippen LogP contribution < -0.4 is 10.1 Å². The minimum Gasteiger partial charge on any atom is -0.434 e. The molecule has 122 valence electrons. The first-order valence-electron chi connectivity index (χ1n) is 7.45. The molecule has 1 aliphatic heterocycles. The zero-order valence-electron chi connectivity index (χ0n) is 13.2. The lowest BCUT2D eigenvalue weighted by atomic mass is 10.0. The third kappa shape index (κ3) is 3.55. The second-order valence-corrected chi connectivity index (χ2v) is 5.67. The molecular formula is C16H22F2N2O2. The highest BCUT2D eigenvalue weighted by Crippen LogP contribution is 2.28. The highest BCUT2D eigenvalue weighted by molar-refractivity contribution is 5.95. The van der Waals surface area contributed by atoms with Gasteiger partial charge < -0.3 is 15.0 Å². The predicted octanol–water partition coefficient (Wildman–Crippen LogP) is 2.73. The van der Waals surface area contributed by atoms with Crippen LogP contribution in [0.5, 0.6) is 5.75 Å². The van der Waals surface area contributed by atoms with E-state index >= 15 is 0 Å². The number of hydrogen-bond acceptors (Lipinski definition) is 3. The van der Waals surface area contributed by atoms with E-state index in [2.05, 4.69) is 10.1 Å². The maximum absolute atomic E-state index is 12.7. The molecule has 1 heterocycles. The summed E-state index contributed by atoms with van der Waals surface area (Å²) < 4.78 is 29.4. The molecule has 22 heavy (non-hydrogen) atoms. The number of benzene rings is 1. The molecule has 1 unspecified atom stereocenters. The lowest BCUT2D eigenvalue weighted by Gasteiger charge is -2.25. The molecule has 6 heteroatoms. The summed E-state index contributed by atoms with van der Waals surface area (Å²) in [5.74, 6) is 0.104. The molecule has 1 saturated heterocycles. The number of nitrogens with one attached hydrogen (secondary N) is 1. The van der Waals surface area contributed by atoms with Crippen molar-refractivity contribution in [3.8, 4) is 5.75 Å². The van der Waals surface area contributed by atoms with E-state index in [0.717, 1.165) is 25.9 Å². The standard InChI is InChI=1S/C16H22F2N2O2/c1-10-7-12(8-11(2)14(10)22-16(17)18)15(21)20-6-4-5-13(20)9-19-3/h7-8,13,16,19H,4-6,9H2,1-3H3. The molecule has 1 aliphatic rings. The van der Waals surface area contributed by atoms with E-state index in [0.29, 0.717) is 16.7 Å². The number of amides is 1. The smallest absolute Gasteiger partial charge is 0.387 e. The molecule has 0 aromatic heterocycles. The summed E-state index contributed by atoms with van der Waals surface area (Å²) in [5.41, 5.74) is 1.63. The van der Waals surface area contributed by atoms with E-state index in [4.69, 9.17) is 0 Å². The Balaban J connectivity index is 2.23. The van der Waals surface area contributed by atoms with Gasteiger partial charge in [-0.25, -0.2) is 0 Å². The topological polar surface area (TPSA) is 41.6 Å². The Morgan fingerprint density at radius 2 is 2.05 bits per heavy atom. The van der Waals surface area contributed by atoms with Gasteiger partial charge in [0.1, 0.15) is 5.75 Å². The largest absolute Gasteiger partial charge is 0.434 e. The summed E-state index contributed by atoms with van der Waals surface area (Å²) in [7, 11) is 1.87. The van der Waals surface area contributed by atoms with Gasteiger partial charge in [-0.15, -0.1) is 0 Å². The number of alkyl halides is 2. The number of carbonyl (C=O) groups excluding carboxylic acids is 1. The van der Waals surface area contributed by atoms with Gasteiger partial charge in [-0.2, -0.15) is 8.78 Å². The van der Waals surface area contributed by atoms with Crippen molar-refractivity contribution >= 4 is 5.91 Å². The second-order valence-electron chi connectivity index (χ2n) is 5.67. The number of likely N-dealkylation sites (N-methyl/N-ethyl adjacent to an activating group) is 1. The van der Waals surface area contributed by atoms with E-state index in [1.807, 2.05) is 11.9 Å². The molecule has 0 radical (unpaired) electrons. The zero-order valence-corrected chi connectivity index (χ0v) is 13.2. The van der Waals surface area contributed by atoms with Gasteiger partial charge in [0.05, 0.1) is 0 Å². The van der Waals surface area contributed by atoms with Crippen molar-refractivity contribution in [1.82, 2.24) is 10.2 Å². The minimum atomic E-state index is -2.86. The van der Waals surface area contributed by atoms with Gasteiger partial charge in [0.15, 0.2) is 0 Å². The van der Waals surface area contributed by atoms with Gasteiger partial charge >= 0.3 is 6.61 Å². The first kappa shape index (κ1) is 16.7. The highest BCUT2D eigenvalue weighted by Gasteiger charge is 2.29. The fourth-order valence-corrected chi connectivity index (χ4v) is 3.07. The molecule has 0 aliphatic carbocycles. The maximum Gasteiger partial charge on any atom is 0.387 e. The summed E-state index contributed by atoms with van der Waals surface area (Å²) in [5, 5.41) is 3.10. The number of aryl methyl sites for hydroxylation is 2. The van der Waals surface area contributed by atoms with Crippen molar-refractivity contribution in [3.63, 3.8) is 0 Å². The number of carbonyl (C=O) groups is 1. The lowest BCUT2D eigenvalue weighted by molar-refractivity contribution is -0.0507. The van der Waals surface area contributed by atoms with E-state index in [9.17, 15) is 13.6 Å². The van der Waals surface area contributed by atoms with Crippen molar-refractivity contribution < 1.29 is 18.3 Å². The van der Waals surface area contributed by atoms with Crippen molar-refractivity contribution in [2.45, 2.75) is 39.3 Å². The molecule has 0 bridgehead atoms. The molecule has 4 nitrogen and oxygen atoms in total. The number of likely N-dealkylation sites (tertiary alicyclic amines) is 1. The van der Waals surface area contributed by atoms with Crippen LogP contribution in [-0.2, 0) is 0 Å². The Bertz CT molecular complexity index is 526. The fourth-order valence-electron chi connectivity index (χ4n) is 3.07. The van der Waals surface area contributed by atoms with Gasteiger partial charge in [0.25, 0.3) is 5.91 Å². The minimum absolute atomic E-state index is 0.0486. The van der Waals surface area contributed by atoms with Gasteiger partial charge in [0.2, 0.25) is 0 Å². The molecule has 1 aromatic rings. The molecule has 1 fully saturated rings. The number of nitrogens with zero attached hydrogens (tertiary/aromatic N) is 1. The van der Waals surface area contributed by atoms with Gasteiger partial charge in [-0.05, 0) is 57.0 Å². The molecule has 1 N–H and O–H groups in total. The van der Waals surface area contributed by atoms with Crippen LogP contribution in [0, 0.1) is 13.8 Å². The molecular weight excluding hydrogens is 290 g/mol. The maximum atomic E-state index is 12.7. The molecule has 0 spiro atoms. The first-order valence-corrected chi connectivity index (χ1v) is 7.45. The van der Waals surface area contributed by atoms with E-state index in [1.165, 1.54) is 0 Å². The fraction of sp³-hybridized carbons (Fsp3) is 0.562. The third-order valence-corrected chi connectivity index (χ3v) is 3.99. The summed E-state index contributed by atoms with van der Waals surface area (Å²) in [6.07, 6.45) is 1.97. The quantitative estimate of drug-likeness (QED) is 0.909. The van der Waals surface area contributed by atoms with Crippen LogP contribution >= 0.6 is 0 Å². The Morgan fingerprint density at radius 3 is 2.59 bits per heavy atom. The van der Waals surface area contributed by atoms with Crippen molar-refractivity contribution in [3.05, 3.63) is 28.8 Å². The number of hydrogen-bond donors (Lipinski definition) is 1. The van der Waals surface area contributed by atoms with Gasteiger partial charge in [-0.1, -0.05) is 0 Å². The molecule has 2 rings (SSSR count). The van der Waals surface area contributed by atoms with E-state index in [1.54, 1.807) is 26.0 Å². The van der Waals surface area contributed by atoms with Crippen LogP contribution in [0.4, 0.5) is 8.78 Å². The average molecular weight is 312 g/mol. The van der Waals surface area contributed by atoms with Crippen LogP contribution in [0.3, 0.4) is 0 Å². The van der Waals surface area contributed by atoms with Crippen LogP contribution in [0.2, 0.25) is 0 Å². The second kappa shape index (κ2) is 7.05.